The second kappa shape index (κ2) is 11.4. The van der Waals surface area contributed by atoms with Crippen molar-refractivity contribution in [3.05, 3.63) is 59.7 Å². The van der Waals surface area contributed by atoms with Crippen LogP contribution in [0.5, 0.6) is 0 Å². The molecule has 1 aliphatic rings. The third-order valence-corrected chi connectivity index (χ3v) is 4.72. The Morgan fingerprint density at radius 1 is 1.09 bits per heavy atom. The number of fused-ring (bicyclic) bond motifs is 3. The van der Waals surface area contributed by atoms with E-state index >= 15 is 0 Å². The van der Waals surface area contributed by atoms with Gasteiger partial charge in [0.05, 0.1) is 5.60 Å². The van der Waals surface area contributed by atoms with E-state index in [1.165, 1.54) is 22.3 Å². The normalized spacial score (nSPS) is 13.7. The Bertz CT molecular complexity index is 941. The number of benzene rings is 2. The van der Waals surface area contributed by atoms with E-state index in [1.54, 1.807) is 20.8 Å². The van der Waals surface area contributed by atoms with Gasteiger partial charge in [0.2, 0.25) is 0 Å². The molecule has 3 N–H and O–H groups in total. The van der Waals surface area contributed by atoms with Crippen molar-refractivity contribution in [3.63, 3.8) is 0 Å². The summed E-state index contributed by atoms with van der Waals surface area (Å²) < 4.78 is 11.7. The van der Waals surface area contributed by atoms with Crippen molar-refractivity contribution >= 4 is 18.4 Å². The predicted octanol–water partition coefficient (Wildman–Crippen LogP) is 3.60. The maximum absolute atomic E-state index is 10.7. The molecule has 0 fully saturated rings. The molecule has 1 aliphatic carbocycles. The number of rotatable bonds is 8. The quantitative estimate of drug-likeness (QED) is 0.417. The Labute approximate surface area is 188 Å². The number of hydrogen-bond acceptors (Lipinski definition) is 6. The van der Waals surface area contributed by atoms with Gasteiger partial charge >= 0.3 is 11.9 Å². The highest BCUT2D eigenvalue weighted by molar-refractivity contribution is 5.78. The lowest BCUT2D eigenvalue weighted by Crippen LogP contribution is -2.41. The first-order valence-electron chi connectivity index (χ1n) is 10.7. The molecule has 3 rings (SSSR count). The number of hydrogen-bond donors (Lipinski definition) is 3. The Kier molecular flexibility index (Phi) is 8.35. The van der Waals surface area contributed by atoms with E-state index in [0.29, 0.717) is 0 Å². The number of aliphatic carboxylic acids is 2. The van der Waals surface area contributed by atoms with Crippen molar-refractivity contribution in [1.82, 2.24) is 5.48 Å². The first-order valence-corrected chi connectivity index (χ1v) is 10.2. The smallest absolute Gasteiger partial charge is 0.323 e. The molecule has 0 spiro atoms. The van der Waals surface area contributed by atoms with E-state index in [0.717, 1.165) is 0 Å². The number of carboxylic acids is 2. The Morgan fingerprint density at radius 3 is 2.06 bits per heavy atom. The monoisotopic (exact) mass is 444 g/mol. The van der Waals surface area contributed by atoms with Crippen LogP contribution in [-0.2, 0) is 24.0 Å². The van der Waals surface area contributed by atoms with Crippen molar-refractivity contribution in [3.8, 4) is 11.1 Å². The second-order valence-electron chi connectivity index (χ2n) is 8.28. The summed E-state index contributed by atoms with van der Waals surface area (Å²) in [6.07, 6.45) is -1.20. The first kappa shape index (κ1) is 23.4. The average Bonchev–Trinajstić information content (AvgIpc) is 3.05. The van der Waals surface area contributed by atoms with Crippen LogP contribution in [0.15, 0.2) is 48.5 Å². The standard InChI is InChI=1S/C15H12O2.C9H17NO5/c16-10-17-9-15-13-7-3-1-5-11(13)12-6-2-4-8-14(12)15;1-9(2,3)15-10-6(8(13)14)4-5-7(11)12/h1-8,10,15H,9H2;6,10H,4-5H2,1-3H3,(H,11,12)(H,13,14)/t;6-/m.0/s1/i10D;. The van der Waals surface area contributed by atoms with E-state index in [-0.39, 0.29) is 25.4 Å². The van der Waals surface area contributed by atoms with Crippen LogP contribution in [0.25, 0.3) is 11.1 Å². The zero-order valence-corrected chi connectivity index (χ0v) is 18.3. The average molecular weight is 445 g/mol. The molecule has 0 unspecified atom stereocenters. The summed E-state index contributed by atoms with van der Waals surface area (Å²) in [6.45, 7) is 5.51. The van der Waals surface area contributed by atoms with E-state index in [1.807, 2.05) is 24.3 Å². The number of carboxylic acid groups (broad SMARTS) is 2. The van der Waals surface area contributed by atoms with Crippen molar-refractivity contribution in [2.45, 2.75) is 51.2 Å². The van der Waals surface area contributed by atoms with Crippen molar-refractivity contribution < 1.29 is 35.5 Å². The fourth-order valence-corrected chi connectivity index (χ4v) is 3.31. The van der Waals surface area contributed by atoms with Crippen LogP contribution in [0.1, 0.15) is 52.0 Å². The molecule has 0 saturated carbocycles. The van der Waals surface area contributed by atoms with Crippen LogP contribution in [0.4, 0.5) is 0 Å². The fourth-order valence-electron chi connectivity index (χ4n) is 3.31. The number of nitrogens with one attached hydrogen (secondary N) is 1. The molecule has 0 bridgehead atoms. The topological polar surface area (TPSA) is 122 Å². The minimum atomic E-state index is -1.12. The second-order valence-corrected chi connectivity index (χ2v) is 8.28. The van der Waals surface area contributed by atoms with Crippen LogP contribution in [0, 0.1) is 0 Å². The van der Waals surface area contributed by atoms with Gasteiger partial charge in [-0.1, -0.05) is 48.5 Å². The highest BCUT2D eigenvalue weighted by atomic mass is 16.7. The number of carbonyl (C=O) groups is 3. The van der Waals surface area contributed by atoms with Gasteiger partial charge in [0.1, 0.15) is 12.6 Å². The van der Waals surface area contributed by atoms with Gasteiger partial charge in [0, 0.05) is 12.3 Å². The summed E-state index contributed by atoms with van der Waals surface area (Å²) in [6, 6.07) is 15.3. The Balaban J connectivity index is 0.000000239. The molecule has 2 aromatic rings. The van der Waals surface area contributed by atoms with E-state index in [9.17, 15) is 14.4 Å². The number of hydroxylamine groups is 1. The summed E-state index contributed by atoms with van der Waals surface area (Å²) in [7, 11) is 0. The van der Waals surface area contributed by atoms with Crippen LogP contribution >= 0.6 is 0 Å². The summed E-state index contributed by atoms with van der Waals surface area (Å²) >= 11 is 0. The highest BCUT2D eigenvalue weighted by Gasteiger charge is 2.28. The molecular formula is C24H29NO7. The fraction of sp³-hybridized carbons (Fsp3) is 0.375. The van der Waals surface area contributed by atoms with E-state index in [2.05, 4.69) is 29.7 Å². The lowest BCUT2D eigenvalue weighted by atomic mass is 9.98. The zero-order chi connectivity index (χ0) is 24.6. The van der Waals surface area contributed by atoms with E-state index < -0.39 is 30.0 Å². The maximum Gasteiger partial charge on any atom is 0.323 e. The molecule has 0 aromatic heterocycles. The molecule has 0 heterocycles. The van der Waals surface area contributed by atoms with Crippen molar-refractivity contribution in [2.24, 2.45) is 0 Å². The molecule has 8 heteroatoms. The van der Waals surface area contributed by atoms with E-state index in [4.69, 9.17) is 21.2 Å². The lowest BCUT2D eigenvalue weighted by molar-refractivity contribution is -0.151. The highest BCUT2D eigenvalue weighted by Crippen LogP contribution is 2.44. The molecule has 0 radical (unpaired) electrons. The molecule has 172 valence electrons. The van der Waals surface area contributed by atoms with Crippen LogP contribution < -0.4 is 5.48 Å². The summed E-state index contributed by atoms with van der Waals surface area (Å²) in [5.74, 6) is -2.11. The lowest BCUT2D eigenvalue weighted by Gasteiger charge is -2.22. The van der Waals surface area contributed by atoms with Crippen LogP contribution in [0.3, 0.4) is 0 Å². The summed E-state index contributed by atoms with van der Waals surface area (Å²) in [4.78, 5) is 36.7. The minimum absolute atomic E-state index is 0.0131. The first-order chi connectivity index (χ1) is 15.5. The largest absolute Gasteiger partial charge is 0.481 e. The third kappa shape index (κ3) is 7.18. The summed E-state index contributed by atoms with van der Waals surface area (Å²) in [5, 5.41) is 17.2. The number of carbonyl (C=O) groups excluding carboxylic acids is 1. The molecular weight excluding hydrogens is 414 g/mol. The van der Waals surface area contributed by atoms with Gasteiger partial charge in [-0.25, -0.2) is 0 Å². The van der Waals surface area contributed by atoms with Gasteiger partial charge in [-0.3, -0.25) is 19.2 Å². The molecule has 2 aromatic carbocycles. The molecule has 0 saturated heterocycles. The summed E-state index contributed by atoms with van der Waals surface area (Å²) in [5.41, 5.74) is 6.56. The van der Waals surface area contributed by atoms with Gasteiger partial charge in [0.15, 0.2) is 1.37 Å². The van der Waals surface area contributed by atoms with Gasteiger partial charge in [-0.2, -0.15) is 5.48 Å². The minimum Gasteiger partial charge on any atom is -0.481 e. The molecule has 1 atom stereocenters. The SMILES string of the molecule is CC(C)(C)ON[C@@H](CCC(=O)O)C(=O)O.[2H]C(=O)OCC1c2ccccc2-c2ccccc21. The number of ether oxygens (including phenoxy) is 1. The van der Waals surface area contributed by atoms with Gasteiger partial charge in [-0.15, -0.1) is 0 Å². The molecule has 0 aliphatic heterocycles. The predicted molar refractivity (Wildman–Crippen MR) is 118 cm³/mol. The molecule has 0 amide bonds. The van der Waals surface area contributed by atoms with Gasteiger partial charge < -0.3 is 14.9 Å². The van der Waals surface area contributed by atoms with Crippen molar-refractivity contribution in [1.29, 1.82) is 0 Å². The van der Waals surface area contributed by atoms with Gasteiger partial charge in [0.25, 0.3) is 6.45 Å². The zero-order valence-electron chi connectivity index (χ0n) is 19.3. The Morgan fingerprint density at radius 2 is 1.62 bits per heavy atom. The van der Waals surface area contributed by atoms with Crippen LogP contribution in [0.2, 0.25) is 0 Å². The van der Waals surface area contributed by atoms with Gasteiger partial charge in [-0.05, 0) is 49.4 Å². The third-order valence-electron chi connectivity index (χ3n) is 4.72. The maximum atomic E-state index is 10.7. The molecule has 32 heavy (non-hydrogen) atoms. The Hall–Kier alpha value is -3.23. The van der Waals surface area contributed by atoms with Crippen molar-refractivity contribution in [2.75, 3.05) is 6.61 Å². The van der Waals surface area contributed by atoms with Crippen LogP contribution in [-0.4, -0.2) is 46.8 Å². The molecule has 8 nitrogen and oxygen atoms in total.